The Kier molecular flexibility index (Phi) is 5.07. The summed E-state index contributed by atoms with van der Waals surface area (Å²) >= 11 is 0. The standard InChI is InChI=1S/C27H26N8O2/c1-17-11-18(3-6-23(17)37-20-7-8-35-24(12-20)29-16-31-35)32-27-25-21(28-15-30-27)4-5-22-26(25)36-14-19-13-34(22)10-9-33(19)2/h3-8,11-12,15-16,19H,9-10,13-14H2,1-2H3,(H,28,30,32)/t19-/m0/s1. The van der Waals surface area contributed by atoms with Crippen molar-refractivity contribution in [2.24, 2.45) is 0 Å². The van der Waals surface area contributed by atoms with Crippen molar-refractivity contribution in [3.63, 3.8) is 0 Å². The first kappa shape index (κ1) is 21.8. The molecule has 0 amide bonds. The van der Waals surface area contributed by atoms with Crippen LogP contribution in [0.5, 0.6) is 17.2 Å². The molecule has 1 saturated heterocycles. The molecule has 1 atom stereocenters. The van der Waals surface area contributed by atoms with Crippen LogP contribution in [0.4, 0.5) is 17.2 Å². The van der Waals surface area contributed by atoms with Crippen LogP contribution in [0.25, 0.3) is 16.6 Å². The molecule has 10 nitrogen and oxygen atoms in total. The molecule has 3 aromatic heterocycles. The number of hydrogen-bond acceptors (Lipinski definition) is 9. The molecule has 1 fully saturated rings. The molecule has 0 unspecified atom stereocenters. The number of piperazine rings is 1. The SMILES string of the molecule is Cc1cc(Nc2ncnc3ccc4c(c23)OC[C@@H]2CN4CCN2C)ccc1Oc1ccn2ncnc2c1. The second kappa shape index (κ2) is 8.59. The second-order valence-electron chi connectivity index (χ2n) is 9.55. The van der Waals surface area contributed by atoms with Gasteiger partial charge in [-0.1, -0.05) is 0 Å². The Hall–Kier alpha value is -4.44. The predicted octanol–water partition coefficient (Wildman–Crippen LogP) is 4.03. The van der Waals surface area contributed by atoms with Crippen LogP contribution in [0.2, 0.25) is 0 Å². The second-order valence-corrected chi connectivity index (χ2v) is 9.55. The average Bonchev–Trinajstić information content (AvgIpc) is 3.31. The minimum Gasteiger partial charge on any atom is -0.489 e. The molecule has 2 aromatic carbocycles. The van der Waals surface area contributed by atoms with Gasteiger partial charge in [0, 0.05) is 37.6 Å². The van der Waals surface area contributed by atoms with Crippen LogP contribution in [0.15, 0.2) is 61.3 Å². The molecule has 1 N–H and O–H groups in total. The van der Waals surface area contributed by atoms with Gasteiger partial charge in [0.1, 0.15) is 36.6 Å². The number of aryl methyl sites for hydroxylation is 1. The maximum Gasteiger partial charge on any atom is 0.158 e. The largest absolute Gasteiger partial charge is 0.489 e. The van der Waals surface area contributed by atoms with Crippen LogP contribution < -0.4 is 19.7 Å². The number of fused-ring (bicyclic) bond motifs is 7. The van der Waals surface area contributed by atoms with E-state index >= 15 is 0 Å². The lowest BCUT2D eigenvalue weighted by molar-refractivity contribution is 0.159. The lowest BCUT2D eigenvalue weighted by Gasteiger charge is -2.37. The van der Waals surface area contributed by atoms with Crippen LogP contribution in [-0.2, 0) is 0 Å². The quantitative estimate of drug-likeness (QED) is 0.397. The highest BCUT2D eigenvalue weighted by atomic mass is 16.5. The molecule has 10 heteroatoms. The van der Waals surface area contributed by atoms with E-state index in [1.54, 1.807) is 10.8 Å². The van der Waals surface area contributed by atoms with E-state index in [1.807, 2.05) is 43.5 Å². The molecular formula is C27H26N8O2. The van der Waals surface area contributed by atoms with E-state index in [4.69, 9.17) is 9.47 Å². The molecule has 0 spiro atoms. The molecular weight excluding hydrogens is 468 g/mol. The van der Waals surface area contributed by atoms with E-state index in [1.165, 1.54) is 6.33 Å². The van der Waals surface area contributed by atoms with Gasteiger partial charge in [0.25, 0.3) is 0 Å². The number of nitrogens with one attached hydrogen (secondary N) is 1. The van der Waals surface area contributed by atoms with Crippen LogP contribution >= 0.6 is 0 Å². The molecule has 37 heavy (non-hydrogen) atoms. The fraction of sp³-hybridized carbons (Fsp3) is 0.259. The molecule has 2 aliphatic rings. The molecule has 2 bridgehead atoms. The Morgan fingerprint density at radius 1 is 1.03 bits per heavy atom. The van der Waals surface area contributed by atoms with Crippen LogP contribution in [0.1, 0.15) is 5.56 Å². The lowest BCUT2D eigenvalue weighted by atomic mass is 10.1. The Morgan fingerprint density at radius 3 is 2.89 bits per heavy atom. The monoisotopic (exact) mass is 494 g/mol. The number of likely N-dealkylation sites (N-methyl/N-ethyl adjacent to an activating group) is 1. The summed E-state index contributed by atoms with van der Waals surface area (Å²) in [4.78, 5) is 18.1. The van der Waals surface area contributed by atoms with Gasteiger partial charge in [0.2, 0.25) is 0 Å². The molecule has 7 rings (SSSR count). The minimum atomic E-state index is 0.359. The molecule has 0 aliphatic carbocycles. The number of ether oxygens (including phenoxy) is 2. The molecule has 5 aromatic rings. The van der Waals surface area contributed by atoms with E-state index in [0.29, 0.717) is 18.4 Å². The number of rotatable bonds is 4. The van der Waals surface area contributed by atoms with Crippen molar-refractivity contribution < 1.29 is 9.47 Å². The van der Waals surface area contributed by atoms with Gasteiger partial charge >= 0.3 is 0 Å². The minimum absolute atomic E-state index is 0.359. The van der Waals surface area contributed by atoms with Crippen LogP contribution in [0, 0.1) is 6.92 Å². The van der Waals surface area contributed by atoms with E-state index in [0.717, 1.165) is 70.4 Å². The van der Waals surface area contributed by atoms with Gasteiger partial charge in [-0.2, -0.15) is 5.10 Å². The Morgan fingerprint density at radius 2 is 1.97 bits per heavy atom. The molecule has 2 aliphatic heterocycles. The summed E-state index contributed by atoms with van der Waals surface area (Å²) in [5.74, 6) is 3.04. The summed E-state index contributed by atoms with van der Waals surface area (Å²) in [6, 6.07) is 14.3. The van der Waals surface area contributed by atoms with Gasteiger partial charge in [0.15, 0.2) is 11.4 Å². The van der Waals surface area contributed by atoms with Crippen molar-refractivity contribution in [2.45, 2.75) is 13.0 Å². The van der Waals surface area contributed by atoms with Gasteiger partial charge in [0.05, 0.1) is 22.6 Å². The average molecular weight is 495 g/mol. The summed E-state index contributed by atoms with van der Waals surface area (Å²) < 4.78 is 14.3. The van der Waals surface area contributed by atoms with E-state index in [2.05, 4.69) is 54.3 Å². The smallest absolute Gasteiger partial charge is 0.158 e. The van der Waals surface area contributed by atoms with Gasteiger partial charge in [-0.25, -0.2) is 19.5 Å². The number of benzene rings is 2. The molecule has 0 radical (unpaired) electrons. The van der Waals surface area contributed by atoms with Crippen LogP contribution in [-0.4, -0.2) is 68.8 Å². The molecule has 5 heterocycles. The third kappa shape index (κ3) is 3.86. The maximum absolute atomic E-state index is 6.42. The number of aromatic nitrogens is 5. The zero-order valence-corrected chi connectivity index (χ0v) is 20.6. The summed E-state index contributed by atoms with van der Waals surface area (Å²) in [6.07, 6.45) is 4.94. The first-order valence-electron chi connectivity index (χ1n) is 12.3. The number of nitrogens with zero attached hydrogens (tertiary/aromatic N) is 7. The van der Waals surface area contributed by atoms with E-state index in [9.17, 15) is 0 Å². The van der Waals surface area contributed by atoms with Crippen molar-refractivity contribution in [2.75, 3.05) is 43.5 Å². The molecule has 186 valence electrons. The Bertz CT molecular complexity index is 1630. The Labute approximate surface area is 213 Å². The number of pyridine rings is 1. The van der Waals surface area contributed by atoms with Gasteiger partial charge in [-0.15, -0.1) is 0 Å². The van der Waals surface area contributed by atoms with Crippen molar-refractivity contribution in [3.8, 4) is 17.2 Å². The molecule has 0 saturated carbocycles. The summed E-state index contributed by atoms with van der Waals surface area (Å²) in [7, 11) is 2.16. The van der Waals surface area contributed by atoms with E-state index < -0.39 is 0 Å². The van der Waals surface area contributed by atoms with Crippen molar-refractivity contribution in [3.05, 3.63) is 66.9 Å². The van der Waals surface area contributed by atoms with Gasteiger partial charge in [-0.3, -0.25) is 4.90 Å². The zero-order chi connectivity index (χ0) is 24.9. The topological polar surface area (TPSA) is 92.9 Å². The summed E-state index contributed by atoms with van der Waals surface area (Å²) in [6.45, 7) is 5.60. The van der Waals surface area contributed by atoms with Gasteiger partial charge < -0.3 is 19.7 Å². The zero-order valence-electron chi connectivity index (χ0n) is 20.6. The normalized spacial score (nSPS) is 17.4. The van der Waals surface area contributed by atoms with Gasteiger partial charge in [-0.05, 0) is 55.9 Å². The predicted molar refractivity (Wildman–Crippen MR) is 141 cm³/mol. The lowest BCUT2D eigenvalue weighted by Crippen LogP contribution is -2.52. The highest BCUT2D eigenvalue weighted by Gasteiger charge is 2.31. The Balaban J connectivity index is 1.20. The number of hydrogen-bond donors (Lipinski definition) is 1. The van der Waals surface area contributed by atoms with Crippen molar-refractivity contribution >= 4 is 33.7 Å². The van der Waals surface area contributed by atoms with Crippen LogP contribution in [0.3, 0.4) is 0 Å². The number of anilines is 3. The highest BCUT2D eigenvalue weighted by Crippen LogP contribution is 2.42. The first-order valence-corrected chi connectivity index (χ1v) is 12.3. The summed E-state index contributed by atoms with van der Waals surface area (Å²) in [5.41, 5.74) is 4.58. The van der Waals surface area contributed by atoms with Crippen molar-refractivity contribution in [1.82, 2.24) is 29.5 Å². The van der Waals surface area contributed by atoms with Crippen molar-refractivity contribution in [1.29, 1.82) is 0 Å². The first-order chi connectivity index (χ1) is 18.1. The fourth-order valence-electron chi connectivity index (χ4n) is 5.09. The van der Waals surface area contributed by atoms with E-state index in [-0.39, 0.29) is 0 Å². The highest BCUT2D eigenvalue weighted by molar-refractivity contribution is 6.00. The summed E-state index contributed by atoms with van der Waals surface area (Å²) in [5, 5.41) is 8.53. The third-order valence-corrected chi connectivity index (χ3v) is 7.19. The third-order valence-electron chi connectivity index (χ3n) is 7.19. The maximum atomic E-state index is 6.42. The fourth-order valence-corrected chi connectivity index (χ4v) is 5.09.